The highest BCUT2D eigenvalue weighted by Gasteiger charge is 2.44. The number of aliphatic hydroxyl groups is 1. The van der Waals surface area contributed by atoms with Gasteiger partial charge >= 0.3 is 0 Å². The highest BCUT2D eigenvalue weighted by molar-refractivity contribution is 6.01. The molecule has 0 saturated heterocycles. The average molecular weight is 496 g/mol. The number of allylic oxidation sites excluding steroid dienone is 7. The Hall–Kier alpha value is -2.79. The number of phenolic OH excluding ortho intramolecular Hbond substituents is 1. The molecule has 36 heavy (non-hydrogen) atoms. The number of hydrogen-bond acceptors (Lipinski definition) is 4. The van der Waals surface area contributed by atoms with Crippen LogP contribution in [0.2, 0.25) is 0 Å². The molecule has 0 saturated carbocycles. The van der Waals surface area contributed by atoms with Crippen LogP contribution in [0.15, 0.2) is 53.3 Å². The lowest BCUT2D eigenvalue weighted by atomic mass is 9.84. The number of ether oxygens (including phenoxy) is 1. The Labute approximate surface area is 217 Å². The molecule has 2 unspecified atom stereocenters. The third-order valence-corrected chi connectivity index (χ3v) is 6.86. The molecule has 5 heteroatoms. The van der Waals surface area contributed by atoms with E-state index >= 15 is 0 Å². The van der Waals surface area contributed by atoms with Crippen LogP contribution >= 0.6 is 0 Å². The smallest absolute Gasteiger partial charge is 0.259 e. The number of aromatic hydroxyl groups is 1. The topological polar surface area (TPSA) is 70.0 Å². The van der Waals surface area contributed by atoms with E-state index in [4.69, 9.17) is 4.74 Å². The van der Waals surface area contributed by atoms with Gasteiger partial charge in [-0.3, -0.25) is 4.79 Å². The summed E-state index contributed by atoms with van der Waals surface area (Å²) < 4.78 is 6.45. The minimum absolute atomic E-state index is 0.00752. The van der Waals surface area contributed by atoms with Gasteiger partial charge in [-0.05, 0) is 79.4 Å². The van der Waals surface area contributed by atoms with Gasteiger partial charge in [0.2, 0.25) is 0 Å². The SMILES string of the molecule is C/C=C\C(=C/C)N1Cc2c(cc(O)c3c2OC(C)(CC/C=C(\C)CCC=C(C)C)C(O)C3)C1=O.CC. The maximum Gasteiger partial charge on any atom is 0.259 e. The molecule has 5 nitrogen and oxygen atoms in total. The fourth-order valence-electron chi connectivity index (χ4n) is 4.72. The number of phenols is 1. The van der Waals surface area contributed by atoms with Crippen molar-refractivity contribution in [2.24, 2.45) is 0 Å². The second-order valence-electron chi connectivity index (χ2n) is 9.88. The molecule has 3 rings (SSSR count). The predicted octanol–water partition coefficient (Wildman–Crippen LogP) is 7.38. The summed E-state index contributed by atoms with van der Waals surface area (Å²) in [4.78, 5) is 14.8. The summed E-state index contributed by atoms with van der Waals surface area (Å²) in [5, 5.41) is 21.6. The van der Waals surface area contributed by atoms with Crippen molar-refractivity contribution in [3.63, 3.8) is 0 Å². The molecule has 2 aliphatic heterocycles. The monoisotopic (exact) mass is 495 g/mol. The molecule has 1 aromatic rings. The van der Waals surface area contributed by atoms with Gasteiger partial charge < -0.3 is 19.8 Å². The molecule has 0 fully saturated rings. The van der Waals surface area contributed by atoms with Gasteiger partial charge in [0.1, 0.15) is 17.1 Å². The summed E-state index contributed by atoms with van der Waals surface area (Å²) in [6.07, 6.45) is 13.2. The standard InChI is InChI=1S/C29H39NO4.C2H6/c1-7-11-21(8-2)30-18-24-22(28(30)33)16-25(31)23-17-26(32)29(6,34-27(23)24)15-10-14-20(5)13-9-12-19(3)4;1-2/h7-8,11-12,14,16,26,31-32H,9-10,13,15,17-18H2,1-6H3;1-2H3/b11-7-,20-14+,21-8+;. The first-order valence-corrected chi connectivity index (χ1v) is 13.3. The molecule has 0 radical (unpaired) electrons. The van der Waals surface area contributed by atoms with E-state index in [9.17, 15) is 15.0 Å². The average Bonchev–Trinajstić information content (AvgIpc) is 3.16. The molecule has 198 valence electrons. The zero-order chi connectivity index (χ0) is 27.0. The first kappa shape index (κ1) is 29.4. The fourth-order valence-corrected chi connectivity index (χ4v) is 4.72. The molecule has 2 aliphatic rings. The molecule has 2 N–H and O–H groups in total. The summed E-state index contributed by atoms with van der Waals surface area (Å²) in [6, 6.07) is 1.52. The Morgan fingerprint density at radius 3 is 2.47 bits per heavy atom. The lowest BCUT2D eigenvalue weighted by molar-refractivity contribution is -0.0598. The van der Waals surface area contributed by atoms with Crippen molar-refractivity contribution in [1.29, 1.82) is 0 Å². The molecular weight excluding hydrogens is 450 g/mol. The number of fused-ring (bicyclic) bond motifs is 3. The summed E-state index contributed by atoms with van der Waals surface area (Å²) in [7, 11) is 0. The lowest BCUT2D eigenvalue weighted by Crippen LogP contribution is -2.49. The molecule has 0 bridgehead atoms. The van der Waals surface area contributed by atoms with Crippen LogP contribution in [0.25, 0.3) is 0 Å². The van der Waals surface area contributed by atoms with Gasteiger partial charge in [0, 0.05) is 23.2 Å². The fraction of sp³-hybridized carbons (Fsp3) is 0.516. The molecule has 2 atom stereocenters. The predicted molar refractivity (Wildman–Crippen MR) is 148 cm³/mol. The number of rotatable bonds is 8. The molecule has 1 amide bonds. The third kappa shape index (κ3) is 6.50. The van der Waals surface area contributed by atoms with Crippen LogP contribution in [0, 0.1) is 0 Å². The quantitative estimate of drug-likeness (QED) is 0.291. The van der Waals surface area contributed by atoms with Gasteiger partial charge in [-0.1, -0.05) is 49.3 Å². The normalized spacial score (nSPS) is 21.5. The Bertz CT molecular complexity index is 1060. The van der Waals surface area contributed by atoms with Crippen molar-refractivity contribution in [2.75, 3.05) is 0 Å². The van der Waals surface area contributed by atoms with Crippen LogP contribution < -0.4 is 4.74 Å². The maximum atomic E-state index is 13.1. The minimum Gasteiger partial charge on any atom is -0.508 e. The molecule has 2 heterocycles. The van der Waals surface area contributed by atoms with Crippen LogP contribution in [0.5, 0.6) is 11.5 Å². The van der Waals surface area contributed by atoms with Crippen molar-refractivity contribution in [3.8, 4) is 11.5 Å². The number of aliphatic hydroxyl groups excluding tert-OH is 1. The van der Waals surface area contributed by atoms with Crippen LogP contribution in [0.4, 0.5) is 0 Å². The van der Waals surface area contributed by atoms with Crippen molar-refractivity contribution < 1.29 is 19.7 Å². The van der Waals surface area contributed by atoms with E-state index in [1.807, 2.05) is 52.8 Å². The van der Waals surface area contributed by atoms with Gasteiger partial charge in [0.05, 0.1) is 18.2 Å². The Morgan fingerprint density at radius 2 is 1.86 bits per heavy atom. The van der Waals surface area contributed by atoms with Gasteiger partial charge in [0.15, 0.2) is 0 Å². The van der Waals surface area contributed by atoms with E-state index in [2.05, 4.69) is 32.9 Å². The molecule has 0 aromatic heterocycles. The summed E-state index contributed by atoms with van der Waals surface area (Å²) in [6.45, 7) is 16.5. The second-order valence-corrected chi connectivity index (χ2v) is 9.88. The first-order chi connectivity index (χ1) is 17.1. The number of hydrogen-bond donors (Lipinski definition) is 2. The zero-order valence-electron chi connectivity index (χ0n) is 23.4. The van der Waals surface area contributed by atoms with E-state index in [0.717, 1.165) is 30.5 Å². The third-order valence-electron chi connectivity index (χ3n) is 6.86. The van der Waals surface area contributed by atoms with E-state index in [-0.39, 0.29) is 11.7 Å². The second kappa shape index (κ2) is 13.0. The van der Waals surface area contributed by atoms with Crippen molar-refractivity contribution in [2.45, 2.75) is 106 Å². The lowest BCUT2D eigenvalue weighted by Gasteiger charge is -2.40. The van der Waals surface area contributed by atoms with Crippen molar-refractivity contribution >= 4 is 5.91 Å². The first-order valence-electron chi connectivity index (χ1n) is 13.3. The maximum absolute atomic E-state index is 13.1. The Kier molecular flexibility index (Phi) is 10.6. The zero-order valence-corrected chi connectivity index (χ0v) is 23.4. The van der Waals surface area contributed by atoms with Crippen LogP contribution in [0.3, 0.4) is 0 Å². The van der Waals surface area contributed by atoms with Gasteiger partial charge in [-0.2, -0.15) is 0 Å². The largest absolute Gasteiger partial charge is 0.508 e. The molecular formula is C31H45NO4. The van der Waals surface area contributed by atoms with Crippen LogP contribution in [-0.4, -0.2) is 32.7 Å². The van der Waals surface area contributed by atoms with Crippen molar-refractivity contribution in [1.82, 2.24) is 4.90 Å². The summed E-state index contributed by atoms with van der Waals surface area (Å²) in [5.41, 5.74) is 4.51. The van der Waals surface area contributed by atoms with Gasteiger partial charge in [-0.15, -0.1) is 0 Å². The number of amides is 1. The van der Waals surface area contributed by atoms with E-state index in [0.29, 0.717) is 36.3 Å². The number of benzene rings is 1. The summed E-state index contributed by atoms with van der Waals surface area (Å²) >= 11 is 0. The Morgan fingerprint density at radius 1 is 1.17 bits per heavy atom. The minimum atomic E-state index is -0.797. The van der Waals surface area contributed by atoms with Gasteiger partial charge in [0.25, 0.3) is 5.91 Å². The molecule has 0 aliphatic carbocycles. The Balaban J connectivity index is 0.00000222. The number of carbonyl (C=O) groups excluding carboxylic acids is 1. The van der Waals surface area contributed by atoms with E-state index in [1.165, 1.54) is 17.2 Å². The van der Waals surface area contributed by atoms with Crippen LogP contribution in [-0.2, 0) is 13.0 Å². The highest BCUT2D eigenvalue weighted by Crippen LogP contribution is 2.46. The van der Waals surface area contributed by atoms with E-state index in [1.54, 1.807) is 4.90 Å². The van der Waals surface area contributed by atoms with Crippen LogP contribution in [0.1, 0.15) is 103 Å². The van der Waals surface area contributed by atoms with E-state index < -0.39 is 11.7 Å². The highest BCUT2D eigenvalue weighted by atomic mass is 16.5. The molecule has 0 spiro atoms. The number of carbonyl (C=O) groups is 1. The van der Waals surface area contributed by atoms with Crippen molar-refractivity contribution in [3.05, 3.63) is 70.0 Å². The molecule has 1 aromatic carbocycles. The number of nitrogens with zero attached hydrogens (tertiary/aromatic N) is 1. The summed E-state index contributed by atoms with van der Waals surface area (Å²) in [5.74, 6) is 0.414. The van der Waals surface area contributed by atoms with Gasteiger partial charge in [-0.25, -0.2) is 0 Å².